The first-order chi connectivity index (χ1) is 10.7. The van der Waals surface area contributed by atoms with Crippen molar-refractivity contribution in [2.45, 2.75) is 46.2 Å². The summed E-state index contributed by atoms with van der Waals surface area (Å²) in [7, 11) is 0. The summed E-state index contributed by atoms with van der Waals surface area (Å²) in [4.78, 5) is 15.8. The standard InChI is InChI=1S/C18H29N3O/c1-4-5-16(3)21(14-22)13-17-12-18(7-6-15(17)2)20-10-8-19-9-11-20/h6-7,12,14,16,19H,4-5,8-11,13H2,1-3H3. The Morgan fingerprint density at radius 2 is 2.09 bits per heavy atom. The first-order valence-electron chi connectivity index (χ1n) is 8.42. The van der Waals surface area contributed by atoms with Crippen LogP contribution in [0.3, 0.4) is 0 Å². The number of rotatable bonds is 7. The monoisotopic (exact) mass is 303 g/mol. The van der Waals surface area contributed by atoms with Gasteiger partial charge in [-0.15, -0.1) is 0 Å². The molecule has 4 nitrogen and oxygen atoms in total. The molecule has 0 saturated carbocycles. The molecule has 1 N–H and O–H groups in total. The molecule has 122 valence electrons. The number of carbonyl (C=O) groups is 1. The van der Waals surface area contributed by atoms with E-state index >= 15 is 0 Å². The second kappa shape index (κ2) is 8.18. The second-order valence-corrected chi connectivity index (χ2v) is 6.26. The lowest BCUT2D eigenvalue weighted by molar-refractivity contribution is -0.120. The number of nitrogens with one attached hydrogen (secondary N) is 1. The van der Waals surface area contributed by atoms with Crippen LogP contribution in [-0.4, -0.2) is 43.5 Å². The van der Waals surface area contributed by atoms with E-state index in [0.29, 0.717) is 12.6 Å². The lowest BCUT2D eigenvalue weighted by Gasteiger charge is -2.31. The summed E-state index contributed by atoms with van der Waals surface area (Å²) in [5, 5.41) is 3.38. The number of nitrogens with zero attached hydrogens (tertiary/aromatic N) is 2. The lowest BCUT2D eigenvalue weighted by atomic mass is 10.0. The Morgan fingerprint density at radius 1 is 1.36 bits per heavy atom. The van der Waals surface area contributed by atoms with Gasteiger partial charge in [-0.1, -0.05) is 19.4 Å². The molecule has 1 aliphatic rings. The average Bonchev–Trinajstić information content (AvgIpc) is 2.55. The Labute approximate surface area is 134 Å². The van der Waals surface area contributed by atoms with Crippen molar-refractivity contribution >= 4 is 12.1 Å². The topological polar surface area (TPSA) is 35.6 Å². The SMILES string of the molecule is CCCC(C)N(C=O)Cc1cc(N2CCNCC2)ccc1C. The third-order valence-corrected chi connectivity index (χ3v) is 4.58. The van der Waals surface area contributed by atoms with Crippen molar-refractivity contribution in [3.8, 4) is 0 Å². The molecular weight excluding hydrogens is 274 g/mol. The van der Waals surface area contributed by atoms with Gasteiger partial charge in [0.25, 0.3) is 0 Å². The van der Waals surface area contributed by atoms with Gasteiger partial charge in [-0.3, -0.25) is 4.79 Å². The maximum Gasteiger partial charge on any atom is 0.210 e. The minimum atomic E-state index is 0.296. The Bertz CT molecular complexity index is 483. The normalized spacial score (nSPS) is 16.4. The summed E-state index contributed by atoms with van der Waals surface area (Å²) in [6, 6.07) is 6.94. The van der Waals surface area contributed by atoms with Gasteiger partial charge in [0.2, 0.25) is 6.41 Å². The van der Waals surface area contributed by atoms with Gasteiger partial charge >= 0.3 is 0 Å². The van der Waals surface area contributed by atoms with Gasteiger partial charge in [-0.2, -0.15) is 0 Å². The number of hydrogen-bond acceptors (Lipinski definition) is 3. The first-order valence-corrected chi connectivity index (χ1v) is 8.42. The second-order valence-electron chi connectivity index (χ2n) is 6.26. The Balaban J connectivity index is 2.13. The van der Waals surface area contributed by atoms with Gasteiger partial charge in [0.1, 0.15) is 0 Å². The Hall–Kier alpha value is -1.55. The zero-order valence-corrected chi connectivity index (χ0v) is 14.1. The van der Waals surface area contributed by atoms with Crippen molar-refractivity contribution in [2.24, 2.45) is 0 Å². The van der Waals surface area contributed by atoms with Crippen LogP contribution in [0.25, 0.3) is 0 Å². The highest BCUT2D eigenvalue weighted by atomic mass is 16.1. The number of benzene rings is 1. The minimum Gasteiger partial charge on any atom is -0.369 e. The van der Waals surface area contributed by atoms with Crippen molar-refractivity contribution < 1.29 is 4.79 Å². The van der Waals surface area contributed by atoms with E-state index in [4.69, 9.17) is 0 Å². The van der Waals surface area contributed by atoms with E-state index in [1.807, 2.05) is 4.90 Å². The van der Waals surface area contributed by atoms with Gasteiger partial charge in [0, 0.05) is 44.5 Å². The summed E-state index contributed by atoms with van der Waals surface area (Å²) in [6.07, 6.45) is 3.15. The van der Waals surface area contributed by atoms with Crippen molar-refractivity contribution in [1.82, 2.24) is 10.2 Å². The molecular formula is C18H29N3O. The molecule has 0 bridgehead atoms. The van der Waals surface area contributed by atoms with E-state index in [0.717, 1.165) is 45.4 Å². The molecule has 0 radical (unpaired) electrons. The van der Waals surface area contributed by atoms with Gasteiger partial charge < -0.3 is 15.1 Å². The molecule has 1 aromatic rings. The molecule has 0 aromatic heterocycles. The number of amides is 1. The van der Waals surface area contributed by atoms with E-state index in [1.165, 1.54) is 16.8 Å². The number of anilines is 1. The molecule has 0 spiro atoms. The average molecular weight is 303 g/mol. The van der Waals surface area contributed by atoms with Crippen molar-refractivity contribution in [3.05, 3.63) is 29.3 Å². The third kappa shape index (κ3) is 4.23. The highest BCUT2D eigenvalue weighted by Gasteiger charge is 2.15. The van der Waals surface area contributed by atoms with Gasteiger partial charge in [0.05, 0.1) is 0 Å². The van der Waals surface area contributed by atoms with E-state index in [2.05, 4.69) is 49.2 Å². The van der Waals surface area contributed by atoms with Crippen LogP contribution in [-0.2, 0) is 11.3 Å². The van der Waals surface area contributed by atoms with Crippen LogP contribution < -0.4 is 10.2 Å². The predicted octanol–water partition coefficient (Wildman–Crippen LogP) is 2.55. The van der Waals surface area contributed by atoms with Crippen LogP contribution in [0.15, 0.2) is 18.2 Å². The van der Waals surface area contributed by atoms with Crippen LogP contribution in [0.1, 0.15) is 37.8 Å². The highest BCUT2D eigenvalue weighted by molar-refractivity contribution is 5.53. The van der Waals surface area contributed by atoms with Crippen LogP contribution in [0, 0.1) is 6.92 Å². The van der Waals surface area contributed by atoms with Gasteiger partial charge in [-0.05, 0) is 43.5 Å². The molecule has 1 unspecified atom stereocenters. The molecule has 1 heterocycles. The molecule has 22 heavy (non-hydrogen) atoms. The predicted molar refractivity (Wildman–Crippen MR) is 92.2 cm³/mol. The third-order valence-electron chi connectivity index (χ3n) is 4.58. The van der Waals surface area contributed by atoms with Crippen molar-refractivity contribution in [1.29, 1.82) is 0 Å². The van der Waals surface area contributed by atoms with Crippen LogP contribution in [0.2, 0.25) is 0 Å². The summed E-state index contributed by atoms with van der Waals surface area (Å²) < 4.78 is 0. The fraction of sp³-hybridized carbons (Fsp3) is 0.611. The lowest BCUT2D eigenvalue weighted by Crippen LogP contribution is -2.43. The van der Waals surface area contributed by atoms with Crippen molar-refractivity contribution in [2.75, 3.05) is 31.1 Å². The van der Waals surface area contributed by atoms with Gasteiger partial charge in [0.15, 0.2) is 0 Å². The number of piperazine rings is 1. The van der Waals surface area contributed by atoms with E-state index < -0.39 is 0 Å². The fourth-order valence-electron chi connectivity index (χ4n) is 3.03. The van der Waals surface area contributed by atoms with E-state index in [-0.39, 0.29) is 0 Å². The highest BCUT2D eigenvalue weighted by Crippen LogP contribution is 2.22. The molecule has 1 amide bonds. The Morgan fingerprint density at radius 3 is 2.73 bits per heavy atom. The zero-order chi connectivity index (χ0) is 15.9. The molecule has 1 atom stereocenters. The number of aryl methyl sites for hydroxylation is 1. The molecule has 1 saturated heterocycles. The summed E-state index contributed by atoms with van der Waals surface area (Å²) in [5.41, 5.74) is 3.79. The first kappa shape index (κ1) is 16.8. The Kier molecular flexibility index (Phi) is 6.25. The van der Waals surface area contributed by atoms with E-state index in [9.17, 15) is 4.79 Å². The maximum absolute atomic E-state index is 11.4. The quantitative estimate of drug-likeness (QED) is 0.786. The zero-order valence-electron chi connectivity index (χ0n) is 14.1. The van der Waals surface area contributed by atoms with Crippen molar-refractivity contribution in [3.63, 3.8) is 0 Å². The largest absolute Gasteiger partial charge is 0.369 e. The smallest absolute Gasteiger partial charge is 0.210 e. The van der Waals surface area contributed by atoms with Crippen LogP contribution in [0.5, 0.6) is 0 Å². The number of carbonyl (C=O) groups excluding carboxylic acids is 1. The summed E-state index contributed by atoms with van der Waals surface area (Å²) in [6.45, 7) is 11.3. The summed E-state index contributed by atoms with van der Waals surface area (Å²) >= 11 is 0. The van der Waals surface area contributed by atoms with Gasteiger partial charge in [-0.25, -0.2) is 0 Å². The number of hydrogen-bond donors (Lipinski definition) is 1. The fourth-order valence-corrected chi connectivity index (χ4v) is 3.03. The summed E-state index contributed by atoms with van der Waals surface area (Å²) in [5.74, 6) is 0. The van der Waals surface area contributed by atoms with E-state index in [1.54, 1.807) is 0 Å². The minimum absolute atomic E-state index is 0.296. The van der Waals surface area contributed by atoms with Crippen LogP contribution >= 0.6 is 0 Å². The molecule has 2 rings (SSSR count). The molecule has 4 heteroatoms. The molecule has 1 aromatic carbocycles. The molecule has 0 aliphatic carbocycles. The molecule has 1 fully saturated rings. The van der Waals surface area contributed by atoms with Crippen LogP contribution in [0.4, 0.5) is 5.69 Å². The maximum atomic E-state index is 11.4. The molecule has 1 aliphatic heterocycles.